The number of carboxylic acids is 1. The van der Waals surface area contributed by atoms with E-state index in [1.165, 1.54) is 12.3 Å². The average molecular weight is 197 g/mol. The number of para-hydroxylation sites is 1. The number of pyridine rings is 1. The molecule has 0 aliphatic heterocycles. The number of carbonyl (C=O) groups is 1. The van der Waals surface area contributed by atoms with Gasteiger partial charge in [-0.25, -0.2) is 4.79 Å². The molecule has 66 valence electrons. The quantitative estimate of drug-likeness (QED) is 0.700. The van der Waals surface area contributed by atoms with Crippen LogP contribution < -0.4 is 0 Å². The van der Waals surface area contributed by atoms with Gasteiger partial charge in [0.1, 0.15) is 0 Å². The Morgan fingerprint density at radius 2 is 1.93 bits per heavy atom. The summed E-state index contributed by atoms with van der Waals surface area (Å²) in [5, 5.41) is 9.53. The van der Waals surface area contributed by atoms with Gasteiger partial charge < -0.3 is 5.11 Å². The Kier molecular flexibility index (Phi) is 3.63. The van der Waals surface area contributed by atoms with E-state index in [4.69, 9.17) is 5.11 Å². The normalized spacial score (nSPS) is 9.43. The second-order valence-electron chi connectivity index (χ2n) is 2.68. The molecule has 2 rings (SSSR count). The zero-order valence-electron chi connectivity index (χ0n) is 6.77. The molecule has 1 heterocycles. The van der Waals surface area contributed by atoms with Gasteiger partial charge in [0.2, 0.25) is 0 Å². The molecule has 2 aromatic rings. The number of carboxylic acid groups (broad SMARTS) is 1. The summed E-state index contributed by atoms with van der Waals surface area (Å²) in [6.07, 6.45) is 1.51. The van der Waals surface area contributed by atoms with Crippen molar-refractivity contribution in [2.24, 2.45) is 0 Å². The zero-order chi connectivity index (χ0) is 9.26. The van der Waals surface area contributed by atoms with Gasteiger partial charge in [-0.1, -0.05) is 18.2 Å². The summed E-state index contributed by atoms with van der Waals surface area (Å²) in [6, 6.07) is 8.69. The predicted molar refractivity (Wildman–Crippen MR) is 55.9 cm³/mol. The van der Waals surface area contributed by atoms with Crippen LogP contribution in [0.4, 0.5) is 0 Å². The molecule has 0 atom stereocenters. The summed E-state index contributed by atoms with van der Waals surface area (Å²) in [7, 11) is 0. The summed E-state index contributed by atoms with van der Waals surface area (Å²) >= 11 is 0. The molecule has 3 nitrogen and oxygen atoms in total. The summed E-state index contributed by atoms with van der Waals surface area (Å²) < 4.78 is 0. The Hall–Kier alpha value is -0.900. The number of aromatic carboxylic acids is 1. The van der Waals surface area contributed by atoms with E-state index >= 15 is 0 Å². The number of benzene rings is 1. The second-order valence-corrected chi connectivity index (χ2v) is 2.68. The van der Waals surface area contributed by atoms with Gasteiger partial charge in [0.05, 0.1) is 11.1 Å². The van der Waals surface area contributed by atoms with Gasteiger partial charge >= 0.3 is 35.5 Å². The molecule has 0 radical (unpaired) electrons. The molecule has 0 bridgehead atoms. The molecule has 0 fully saturated rings. The Labute approximate surface area is 103 Å². The summed E-state index contributed by atoms with van der Waals surface area (Å²) in [5.74, 6) is -0.918. The number of rotatable bonds is 1. The fraction of sp³-hybridized carbons (Fsp3) is 0. The number of aromatic nitrogens is 1. The standard InChI is InChI=1S/C10H7NO2.Na.H/c12-10(13)8-5-6-11-9-4-2-1-3-7(8)9;;/h1-6H,(H,12,13);;. The van der Waals surface area contributed by atoms with E-state index in [9.17, 15) is 4.79 Å². The molecule has 1 N–H and O–H groups in total. The van der Waals surface area contributed by atoms with Crippen LogP contribution in [0.5, 0.6) is 0 Å². The van der Waals surface area contributed by atoms with Crippen molar-refractivity contribution in [1.82, 2.24) is 4.98 Å². The second kappa shape index (κ2) is 4.55. The van der Waals surface area contributed by atoms with Gasteiger partial charge in [-0.3, -0.25) is 4.98 Å². The van der Waals surface area contributed by atoms with Gasteiger partial charge in [0.25, 0.3) is 0 Å². The van der Waals surface area contributed by atoms with Gasteiger partial charge in [0.15, 0.2) is 0 Å². The van der Waals surface area contributed by atoms with E-state index in [0.717, 1.165) is 0 Å². The van der Waals surface area contributed by atoms with Crippen molar-refractivity contribution in [3.8, 4) is 0 Å². The Morgan fingerprint density at radius 3 is 2.64 bits per heavy atom. The van der Waals surface area contributed by atoms with Gasteiger partial charge in [0, 0.05) is 11.6 Å². The third-order valence-electron chi connectivity index (χ3n) is 1.88. The van der Waals surface area contributed by atoms with Crippen LogP contribution in [0, 0.1) is 0 Å². The van der Waals surface area contributed by atoms with Crippen molar-refractivity contribution >= 4 is 46.4 Å². The van der Waals surface area contributed by atoms with Crippen LogP contribution in [-0.2, 0) is 0 Å². The van der Waals surface area contributed by atoms with Crippen molar-refractivity contribution in [3.05, 3.63) is 42.1 Å². The predicted octanol–water partition coefficient (Wildman–Crippen LogP) is 1.28. The zero-order valence-corrected chi connectivity index (χ0v) is 6.77. The molecule has 0 spiro atoms. The maximum atomic E-state index is 10.8. The van der Waals surface area contributed by atoms with Crippen LogP contribution in [0.15, 0.2) is 36.5 Å². The van der Waals surface area contributed by atoms with Crippen molar-refractivity contribution in [3.63, 3.8) is 0 Å². The molecule has 0 aliphatic carbocycles. The van der Waals surface area contributed by atoms with E-state index in [2.05, 4.69) is 4.98 Å². The summed E-state index contributed by atoms with van der Waals surface area (Å²) in [4.78, 5) is 14.8. The molecule has 0 amide bonds. The molecule has 1 aromatic heterocycles. The first kappa shape index (κ1) is 11.2. The number of nitrogens with zero attached hydrogens (tertiary/aromatic N) is 1. The van der Waals surface area contributed by atoms with E-state index in [-0.39, 0.29) is 29.6 Å². The molecule has 4 heteroatoms. The van der Waals surface area contributed by atoms with Crippen molar-refractivity contribution in [1.29, 1.82) is 0 Å². The van der Waals surface area contributed by atoms with E-state index < -0.39 is 5.97 Å². The molecule has 0 saturated heterocycles. The molecule has 0 unspecified atom stereocenters. The fourth-order valence-electron chi connectivity index (χ4n) is 1.28. The first-order valence-corrected chi connectivity index (χ1v) is 3.86. The third kappa shape index (κ3) is 1.95. The molecule has 14 heavy (non-hydrogen) atoms. The van der Waals surface area contributed by atoms with Gasteiger partial charge in [-0.2, -0.15) is 0 Å². The Bertz CT molecular complexity index is 465. The first-order chi connectivity index (χ1) is 6.29. The van der Waals surface area contributed by atoms with Crippen molar-refractivity contribution in [2.75, 3.05) is 0 Å². The number of hydrogen-bond acceptors (Lipinski definition) is 2. The molecular weight excluding hydrogens is 189 g/mol. The van der Waals surface area contributed by atoms with E-state index in [1.54, 1.807) is 18.2 Å². The van der Waals surface area contributed by atoms with E-state index in [1.807, 2.05) is 6.07 Å². The fourth-order valence-corrected chi connectivity index (χ4v) is 1.28. The Morgan fingerprint density at radius 1 is 1.21 bits per heavy atom. The number of fused-ring (bicyclic) bond motifs is 1. The van der Waals surface area contributed by atoms with Crippen LogP contribution >= 0.6 is 0 Å². The number of hydrogen-bond donors (Lipinski definition) is 1. The Balaban J connectivity index is 0.000000980. The molecule has 0 saturated carbocycles. The van der Waals surface area contributed by atoms with Crippen LogP contribution in [-0.4, -0.2) is 45.6 Å². The minimum atomic E-state index is -0.918. The summed E-state index contributed by atoms with van der Waals surface area (Å²) in [5.41, 5.74) is 1.01. The van der Waals surface area contributed by atoms with Crippen LogP contribution in [0.1, 0.15) is 10.4 Å². The SMILES string of the molecule is O=C(O)c1ccnc2ccccc12.[NaH]. The maximum absolute atomic E-state index is 10.8. The van der Waals surface area contributed by atoms with E-state index in [0.29, 0.717) is 16.5 Å². The average Bonchev–Trinajstić information content (AvgIpc) is 2.17. The van der Waals surface area contributed by atoms with Crippen LogP contribution in [0.25, 0.3) is 10.9 Å². The monoisotopic (exact) mass is 197 g/mol. The summed E-state index contributed by atoms with van der Waals surface area (Å²) in [6.45, 7) is 0. The van der Waals surface area contributed by atoms with Gasteiger partial charge in [-0.15, -0.1) is 0 Å². The van der Waals surface area contributed by atoms with Crippen LogP contribution in [0.2, 0.25) is 0 Å². The third-order valence-corrected chi connectivity index (χ3v) is 1.88. The minimum absolute atomic E-state index is 0. The topological polar surface area (TPSA) is 50.2 Å². The molecule has 1 aromatic carbocycles. The van der Waals surface area contributed by atoms with Gasteiger partial charge in [-0.05, 0) is 12.1 Å². The molecular formula is C10H8NNaO2. The molecule has 0 aliphatic rings. The first-order valence-electron chi connectivity index (χ1n) is 3.86. The van der Waals surface area contributed by atoms with Crippen molar-refractivity contribution in [2.45, 2.75) is 0 Å². The van der Waals surface area contributed by atoms with Crippen molar-refractivity contribution < 1.29 is 9.90 Å². The van der Waals surface area contributed by atoms with Crippen LogP contribution in [0.3, 0.4) is 0 Å².